The molecule has 1 aromatic heterocycles. The van der Waals surface area contributed by atoms with Crippen molar-refractivity contribution in [3.63, 3.8) is 0 Å². The molecule has 9 nitrogen and oxygen atoms in total. The van der Waals surface area contributed by atoms with Crippen LogP contribution in [-0.2, 0) is 10.0 Å². The van der Waals surface area contributed by atoms with Crippen molar-refractivity contribution in [1.82, 2.24) is 0 Å². The lowest BCUT2D eigenvalue weighted by Gasteiger charge is -2.13. The van der Waals surface area contributed by atoms with Crippen LogP contribution in [0.15, 0.2) is 62.6 Å². The predicted octanol–water partition coefficient (Wildman–Crippen LogP) is 2.54. The zero-order chi connectivity index (χ0) is 18.9. The maximum atomic E-state index is 12.7. The van der Waals surface area contributed by atoms with Gasteiger partial charge in [0.1, 0.15) is 5.58 Å². The highest BCUT2D eigenvalue weighted by Crippen LogP contribution is 2.31. The van der Waals surface area contributed by atoms with Crippen molar-refractivity contribution < 1.29 is 17.8 Å². The van der Waals surface area contributed by atoms with E-state index in [9.17, 15) is 23.3 Å². The Kier molecular flexibility index (Phi) is 4.34. The second-order valence-electron chi connectivity index (χ2n) is 5.22. The first kappa shape index (κ1) is 17.4. The van der Waals surface area contributed by atoms with Gasteiger partial charge in [-0.1, -0.05) is 24.3 Å². The Morgan fingerprint density at radius 2 is 1.69 bits per heavy atom. The van der Waals surface area contributed by atoms with Crippen LogP contribution in [0.25, 0.3) is 11.0 Å². The number of hydrogen-bond acceptors (Lipinski definition) is 7. The van der Waals surface area contributed by atoms with Gasteiger partial charge in [0.25, 0.3) is 15.7 Å². The molecule has 10 heteroatoms. The Morgan fingerprint density at radius 3 is 2.38 bits per heavy atom. The molecule has 0 aliphatic carbocycles. The van der Waals surface area contributed by atoms with E-state index in [1.54, 1.807) is 24.3 Å². The van der Waals surface area contributed by atoms with Crippen molar-refractivity contribution in [3.05, 3.63) is 69.1 Å². The lowest BCUT2D eigenvalue weighted by Crippen LogP contribution is -2.21. The first-order valence-corrected chi connectivity index (χ1v) is 8.83. The number of sulfonamides is 1. The molecule has 26 heavy (non-hydrogen) atoms. The molecular formula is C16H13N3O6S. The van der Waals surface area contributed by atoms with Crippen molar-refractivity contribution in [3.8, 4) is 0 Å². The highest BCUT2D eigenvalue weighted by molar-refractivity contribution is 7.92. The van der Waals surface area contributed by atoms with Crippen LogP contribution in [0.3, 0.4) is 0 Å². The minimum Gasteiger partial charge on any atom is -0.421 e. The molecule has 0 fully saturated rings. The van der Waals surface area contributed by atoms with E-state index in [4.69, 9.17) is 4.42 Å². The molecule has 0 spiro atoms. The van der Waals surface area contributed by atoms with E-state index >= 15 is 0 Å². The van der Waals surface area contributed by atoms with E-state index in [-0.39, 0.29) is 17.0 Å². The summed E-state index contributed by atoms with van der Waals surface area (Å²) in [4.78, 5) is 22.0. The second kappa shape index (κ2) is 6.48. The minimum absolute atomic E-state index is 0.207. The second-order valence-corrected chi connectivity index (χ2v) is 6.87. The van der Waals surface area contributed by atoms with Crippen molar-refractivity contribution in [2.75, 3.05) is 17.1 Å². The first-order valence-electron chi connectivity index (χ1n) is 7.35. The van der Waals surface area contributed by atoms with Gasteiger partial charge in [-0.15, -0.1) is 0 Å². The third kappa shape index (κ3) is 2.97. The van der Waals surface area contributed by atoms with E-state index in [1.165, 1.54) is 19.2 Å². The molecule has 0 saturated heterocycles. The van der Waals surface area contributed by atoms with Gasteiger partial charge in [-0.3, -0.25) is 14.8 Å². The number of nitrogens with zero attached hydrogens (tertiary/aromatic N) is 1. The van der Waals surface area contributed by atoms with Gasteiger partial charge >= 0.3 is 5.63 Å². The maximum Gasteiger partial charge on any atom is 0.363 e. The Morgan fingerprint density at radius 1 is 1.04 bits per heavy atom. The fourth-order valence-corrected chi connectivity index (χ4v) is 3.77. The molecule has 134 valence electrons. The van der Waals surface area contributed by atoms with Crippen LogP contribution < -0.4 is 15.7 Å². The Labute approximate surface area is 147 Å². The number of nitro groups is 1. The summed E-state index contributed by atoms with van der Waals surface area (Å²) in [5.41, 5.74) is -1.40. The molecule has 0 saturated carbocycles. The molecule has 0 radical (unpaired) electrons. The molecule has 0 atom stereocenters. The van der Waals surface area contributed by atoms with Crippen LogP contribution >= 0.6 is 0 Å². The van der Waals surface area contributed by atoms with Crippen LogP contribution in [0.4, 0.5) is 17.1 Å². The third-order valence-electron chi connectivity index (χ3n) is 3.65. The summed E-state index contributed by atoms with van der Waals surface area (Å²) in [5.74, 6) is 0. The van der Waals surface area contributed by atoms with Gasteiger partial charge in [0, 0.05) is 18.5 Å². The van der Waals surface area contributed by atoms with Gasteiger partial charge in [0.15, 0.2) is 10.6 Å². The van der Waals surface area contributed by atoms with Crippen LogP contribution in [0.2, 0.25) is 0 Å². The van der Waals surface area contributed by atoms with Gasteiger partial charge in [-0.25, -0.2) is 13.2 Å². The minimum atomic E-state index is -4.40. The zero-order valence-corrected chi connectivity index (χ0v) is 14.2. The largest absolute Gasteiger partial charge is 0.421 e. The average molecular weight is 375 g/mol. The highest BCUT2D eigenvalue weighted by atomic mass is 32.2. The first-order chi connectivity index (χ1) is 12.3. The highest BCUT2D eigenvalue weighted by Gasteiger charge is 2.27. The fraction of sp³-hybridized carbons (Fsp3) is 0.0625. The number of hydrogen-bond donors (Lipinski definition) is 2. The molecule has 0 aliphatic heterocycles. The Hall–Kier alpha value is -3.40. The van der Waals surface area contributed by atoms with Gasteiger partial charge in [-0.2, -0.15) is 0 Å². The van der Waals surface area contributed by atoms with Gasteiger partial charge in [0.05, 0.1) is 10.6 Å². The number of benzene rings is 2. The molecule has 2 aromatic carbocycles. The number of fused-ring (bicyclic) bond motifs is 1. The number of nitro benzene ring substituents is 1. The topological polar surface area (TPSA) is 132 Å². The van der Waals surface area contributed by atoms with Gasteiger partial charge < -0.3 is 9.73 Å². The molecule has 3 aromatic rings. The van der Waals surface area contributed by atoms with E-state index in [1.807, 2.05) is 0 Å². The summed E-state index contributed by atoms with van der Waals surface area (Å²) in [6.45, 7) is 0. The lowest BCUT2D eigenvalue weighted by atomic mass is 10.2. The Bertz CT molecular complexity index is 1170. The molecule has 0 bridgehead atoms. The third-order valence-corrected chi connectivity index (χ3v) is 5.05. The quantitative estimate of drug-likeness (QED) is 0.398. The fourth-order valence-electron chi connectivity index (χ4n) is 2.53. The number of anilines is 2. The summed E-state index contributed by atoms with van der Waals surface area (Å²) in [6, 6.07) is 11.4. The summed E-state index contributed by atoms with van der Waals surface area (Å²) in [6.07, 6.45) is 0. The average Bonchev–Trinajstić information content (AvgIpc) is 2.62. The summed E-state index contributed by atoms with van der Waals surface area (Å²) in [5, 5.41) is 14.4. The number of rotatable bonds is 5. The van der Waals surface area contributed by atoms with Crippen molar-refractivity contribution in [2.45, 2.75) is 4.90 Å². The van der Waals surface area contributed by atoms with Crippen LogP contribution in [0, 0.1) is 10.1 Å². The SMILES string of the molecule is CNc1c(NS(=O)(=O)c2ccccc2[N+](=O)[O-])c(=O)oc2ccccc12. The summed E-state index contributed by atoms with van der Waals surface area (Å²) in [7, 11) is -2.89. The standard InChI is InChI=1S/C16H13N3O6S/c1-17-14-10-6-2-4-8-12(10)25-16(20)15(14)18-26(23,24)13-9-5-3-7-11(13)19(21)22/h2-9,17-18H,1H3. The lowest BCUT2D eigenvalue weighted by molar-refractivity contribution is -0.387. The normalized spacial score (nSPS) is 11.3. The number of para-hydroxylation sites is 2. The molecule has 0 unspecified atom stereocenters. The van der Waals surface area contributed by atoms with Crippen LogP contribution in [0.1, 0.15) is 0 Å². The van der Waals surface area contributed by atoms with Crippen LogP contribution in [-0.4, -0.2) is 20.4 Å². The predicted molar refractivity (Wildman–Crippen MR) is 95.9 cm³/mol. The Balaban J connectivity index is 2.19. The van der Waals surface area contributed by atoms with E-state index in [0.717, 1.165) is 12.1 Å². The maximum absolute atomic E-state index is 12.7. The van der Waals surface area contributed by atoms with E-state index in [2.05, 4.69) is 10.0 Å². The molecule has 2 N–H and O–H groups in total. The smallest absolute Gasteiger partial charge is 0.363 e. The van der Waals surface area contributed by atoms with Gasteiger partial charge in [-0.05, 0) is 18.2 Å². The molecule has 1 heterocycles. The summed E-state index contributed by atoms with van der Waals surface area (Å²) < 4.78 is 32.6. The molecule has 0 amide bonds. The molecular weight excluding hydrogens is 362 g/mol. The monoisotopic (exact) mass is 375 g/mol. The zero-order valence-electron chi connectivity index (χ0n) is 13.4. The van der Waals surface area contributed by atoms with Crippen molar-refractivity contribution in [2.24, 2.45) is 0 Å². The molecule has 0 aliphatic rings. The van der Waals surface area contributed by atoms with E-state index < -0.39 is 31.2 Å². The van der Waals surface area contributed by atoms with Gasteiger partial charge in [0.2, 0.25) is 0 Å². The number of nitrogens with one attached hydrogen (secondary N) is 2. The van der Waals surface area contributed by atoms with Crippen molar-refractivity contribution in [1.29, 1.82) is 0 Å². The van der Waals surface area contributed by atoms with Crippen LogP contribution in [0.5, 0.6) is 0 Å². The summed E-state index contributed by atoms with van der Waals surface area (Å²) >= 11 is 0. The molecule has 3 rings (SSSR count). The van der Waals surface area contributed by atoms with E-state index in [0.29, 0.717) is 5.39 Å². The van der Waals surface area contributed by atoms with Crippen molar-refractivity contribution >= 4 is 38.1 Å².